The van der Waals surface area contributed by atoms with Crippen molar-refractivity contribution in [1.82, 2.24) is 20.9 Å². The smallest absolute Gasteiger partial charge is 0.324 e. The molecule has 3 N–H and O–H groups in total. The molecular weight excluding hydrogens is 352 g/mol. The Morgan fingerprint density at radius 2 is 1.93 bits per heavy atom. The van der Waals surface area contributed by atoms with Crippen LogP contribution >= 0.6 is 0 Å². The summed E-state index contributed by atoms with van der Waals surface area (Å²) in [6.07, 6.45) is 1.51. The monoisotopic (exact) mass is 370 g/mol. The summed E-state index contributed by atoms with van der Waals surface area (Å²) in [5, 5.41) is 7.58. The molecule has 1 saturated heterocycles. The van der Waals surface area contributed by atoms with Crippen LogP contribution in [0.4, 0.5) is 4.79 Å². The quantitative estimate of drug-likeness (QED) is 0.609. The Kier molecular flexibility index (Phi) is 5.50. The Bertz CT molecular complexity index is 846. The van der Waals surface area contributed by atoms with Crippen LogP contribution in [-0.4, -0.2) is 41.7 Å². The van der Waals surface area contributed by atoms with Gasteiger partial charge in [0.1, 0.15) is 5.76 Å². The van der Waals surface area contributed by atoms with Gasteiger partial charge in [0.25, 0.3) is 5.91 Å². The number of hydrogen-bond acceptors (Lipinski definition) is 5. The summed E-state index contributed by atoms with van der Waals surface area (Å²) in [4.78, 5) is 48.7. The van der Waals surface area contributed by atoms with Crippen molar-refractivity contribution >= 4 is 23.8 Å². The van der Waals surface area contributed by atoms with E-state index in [1.165, 1.54) is 6.26 Å². The van der Waals surface area contributed by atoms with Crippen LogP contribution in [0.3, 0.4) is 0 Å². The number of carbonyl (C=O) groups excluding carboxylic acids is 4. The fourth-order valence-corrected chi connectivity index (χ4v) is 2.58. The maximum atomic E-state index is 12.4. The van der Waals surface area contributed by atoms with E-state index < -0.39 is 11.9 Å². The predicted octanol–water partition coefficient (Wildman–Crippen LogP) is 0.378. The second kappa shape index (κ2) is 8.17. The molecule has 0 aliphatic carbocycles. The zero-order valence-electron chi connectivity index (χ0n) is 14.4. The first-order valence-corrected chi connectivity index (χ1v) is 8.28. The molecule has 0 radical (unpaired) electrons. The summed E-state index contributed by atoms with van der Waals surface area (Å²) in [7, 11) is 0. The number of rotatable bonds is 7. The molecule has 3 rings (SSSR count). The van der Waals surface area contributed by atoms with E-state index in [2.05, 4.69) is 16.0 Å². The molecule has 0 unspecified atom stereocenters. The average molecular weight is 370 g/mol. The van der Waals surface area contributed by atoms with E-state index in [1.54, 1.807) is 36.4 Å². The van der Waals surface area contributed by atoms with Crippen molar-refractivity contribution in [3.63, 3.8) is 0 Å². The molecule has 1 aromatic carbocycles. The van der Waals surface area contributed by atoms with Gasteiger partial charge in [-0.3, -0.25) is 19.3 Å². The van der Waals surface area contributed by atoms with Crippen LogP contribution in [0.15, 0.2) is 47.1 Å². The molecule has 1 aliphatic rings. The Morgan fingerprint density at radius 3 is 2.63 bits per heavy atom. The number of amides is 5. The number of hydrogen-bond donors (Lipinski definition) is 3. The highest BCUT2D eigenvalue weighted by atomic mass is 16.3. The molecule has 27 heavy (non-hydrogen) atoms. The molecule has 0 saturated carbocycles. The second-order valence-corrected chi connectivity index (χ2v) is 5.83. The van der Waals surface area contributed by atoms with Gasteiger partial charge >= 0.3 is 6.03 Å². The van der Waals surface area contributed by atoms with Crippen molar-refractivity contribution < 1.29 is 23.6 Å². The lowest BCUT2D eigenvalue weighted by Gasteiger charge is -2.15. The van der Waals surface area contributed by atoms with Crippen molar-refractivity contribution in [2.24, 2.45) is 0 Å². The standard InChI is InChI=1S/C18H18N4O5/c23-15(19-8-13-5-3-7-27-13)9-20-17(25)14-6-2-1-4-12(14)11-22-16(24)10-21-18(22)26/h1-7H,8-11H2,(H,19,23)(H,20,25)(H,21,26). The number of benzene rings is 1. The first kappa shape index (κ1) is 18.2. The van der Waals surface area contributed by atoms with Crippen LogP contribution in [0.2, 0.25) is 0 Å². The molecule has 0 spiro atoms. The van der Waals surface area contributed by atoms with Crippen LogP contribution in [0.25, 0.3) is 0 Å². The second-order valence-electron chi connectivity index (χ2n) is 5.83. The van der Waals surface area contributed by atoms with Crippen molar-refractivity contribution in [3.05, 3.63) is 59.5 Å². The largest absolute Gasteiger partial charge is 0.467 e. The number of furan rings is 1. The van der Waals surface area contributed by atoms with Crippen molar-refractivity contribution in [3.8, 4) is 0 Å². The van der Waals surface area contributed by atoms with E-state index in [0.29, 0.717) is 16.9 Å². The van der Waals surface area contributed by atoms with E-state index in [4.69, 9.17) is 4.42 Å². The van der Waals surface area contributed by atoms with E-state index >= 15 is 0 Å². The number of urea groups is 1. The number of imide groups is 1. The van der Waals surface area contributed by atoms with Gasteiger partial charge in [-0.2, -0.15) is 0 Å². The number of carbonyl (C=O) groups is 4. The molecule has 0 bridgehead atoms. The van der Waals surface area contributed by atoms with Gasteiger partial charge in [0, 0.05) is 5.56 Å². The van der Waals surface area contributed by atoms with E-state index in [-0.39, 0.29) is 38.0 Å². The Balaban J connectivity index is 1.57. The highest BCUT2D eigenvalue weighted by molar-refractivity contribution is 6.02. The molecule has 1 aromatic heterocycles. The SMILES string of the molecule is O=C(CNC(=O)c1ccccc1CN1C(=O)CNC1=O)NCc1ccco1. The lowest BCUT2D eigenvalue weighted by atomic mass is 10.1. The van der Waals surface area contributed by atoms with Gasteiger partial charge in [0.05, 0.1) is 32.4 Å². The normalized spacial score (nSPS) is 13.4. The van der Waals surface area contributed by atoms with Crippen molar-refractivity contribution in [1.29, 1.82) is 0 Å². The van der Waals surface area contributed by atoms with E-state index in [1.807, 2.05) is 0 Å². The van der Waals surface area contributed by atoms with Crippen molar-refractivity contribution in [2.45, 2.75) is 13.1 Å². The molecule has 9 heteroatoms. The number of nitrogens with one attached hydrogen (secondary N) is 3. The number of nitrogens with zero attached hydrogens (tertiary/aromatic N) is 1. The third-order valence-corrected chi connectivity index (χ3v) is 3.98. The third kappa shape index (κ3) is 4.51. The summed E-state index contributed by atoms with van der Waals surface area (Å²) >= 11 is 0. The molecule has 9 nitrogen and oxygen atoms in total. The lowest BCUT2D eigenvalue weighted by Crippen LogP contribution is -2.37. The molecule has 1 aliphatic heterocycles. The van der Waals surface area contributed by atoms with Crippen LogP contribution in [-0.2, 0) is 22.7 Å². The summed E-state index contributed by atoms with van der Waals surface area (Å²) in [6, 6.07) is 9.56. The molecule has 140 valence electrons. The lowest BCUT2D eigenvalue weighted by molar-refractivity contribution is -0.125. The topological polar surface area (TPSA) is 121 Å². The predicted molar refractivity (Wildman–Crippen MR) is 93.3 cm³/mol. The summed E-state index contributed by atoms with van der Waals surface area (Å²) < 4.78 is 5.11. The highest BCUT2D eigenvalue weighted by Crippen LogP contribution is 2.14. The van der Waals surface area contributed by atoms with Crippen LogP contribution in [0.5, 0.6) is 0 Å². The minimum Gasteiger partial charge on any atom is -0.467 e. The maximum absolute atomic E-state index is 12.4. The summed E-state index contributed by atoms with van der Waals surface area (Å²) in [6.45, 7) is -0.0521. The molecule has 2 heterocycles. The first-order chi connectivity index (χ1) is 13.0. The van der Waals surface area contributed by atoms with Crippen LogP contribution < -0.4 is 16.0 Å². The van der Waals surface area contributed by atoms with Gasteiger partial charge in [-0.15, -0.1) is 0 Å². The molecule has 1 fully saturated rings. The highest BCUT2D eigenvalue weighted by Gasteiger charge is 2.29. The van der Waals surface area contributed by atoms with Gasteiger partial charge < -0.3 is 20.4 Å². The maximum Gasteiger partial charge on any atom is 0.324 e. The van der Waals surface area contributed by atoms with Gasteiger partial charge in [-0.05, 0) is 23.8 Å². The van der Waals surface area contributed by atoms with Crippen LogP contribution in [0, 0.1) is 0 Å². The van der Waals surface area contributed by atoms with Gasteiger partial charge in [-0.1, -0.05) is 18.2 Å². The minimum atomic E-state index is -0.493. The summed E-state index contributed by atoms with van der Waals surface area (Å²) in [5.74, 6) is -0.585. The zero-order chi connectivity index (χ0) is 19.2. The van der Waals surface area contributed by atoms with Gasteiger partial charge in [-0.25, -0.2) is 4.79 Å². The van der Waals surface area contributed by atoms with Crippen molar-refractivity contribution in [2.75, 3.05) is 13.1 Å². The van der Waals surface area contributed by atoms with E-state index in [0.717, 1.165) is 4.90 Å². The zero-order valence-corrected chi connectivity index (χ0v) is 14.4. The summed E-state index contributed by atoms with van der Waals surface area (Å²) in [5.41, 5.74) is 0.806. The average Bonchev–Trinajstić information content (AvgIpc) is 3.30. The fourth-order valence-electron chi connectivity index (χ4n) is 2.58. The molecule has 0 atom stereocenters. The van der Waals surface area contributed by atoms with E-state index in [9.17, 15) is 19.2 Å². The van der Waals surface area contributed by atoms with Gasteiger partial charge in [0.15, 0.2) is 0 Å². The Hall–Kier alpha value is -3.62. The Morgan fingerprint density at radius 1 is 1.11 bits per heavy atom. The van der Waals surface area contributed by atoms with Crippen LogP contribution in [0.1, 0.15) is 21.7 Å². The third-order valence-electron chi connectivity index (χ3n) is 3.98. The Labute approximate surface area is 154 Å². The first-order valence-electron chi connectivity index (χ1n) is 8.28. The minimum absolute atomic E-state index is 0.0149. The fraction of sp³-hybridized carbons (Fsp3) is 0.222. The molecule has 5 amide bonds. The van der Waals surface area contributed by atoms with Gasteiger partial charge in [0.2, 0.25) is 11.8 Å². The molecule has 2 aromatic rings. The molecular formula is C18H18N4O5.